The molecular weight excluding hydrogens is 425 g/mol. The largest absolute Gasteiger partial charge is 0.473 e. The number of rotatable bonds is 7. The van der Waals surface area contributed by atoms with Gasteiger partial charge in [-0.25, -0.2) is 4.79 Å². The fraction of sp³-hybridized carbons (Fsp3) is 0.111. The number of benzene rings is 3. The van der Waals surface area contributed by atoms with E-state index in [1.807, 2.05) is 72.8 Å². The Labute approximate surface area is 198 Å². The number of fused-ring (bicyclic) bond motifs is 1. The molecule has 5 rings (SSSR count). The zero-order chi connectivity index (χ0) is 23.5. The van der Waals surface area contributed by atoms with E-state index < -0.39 is 0 Å². The van der Waals surface area contributed by atoms with Crippen LogP contribution in [0, 0.1) is 0 Å². The molecule has 0 aliphatic heterocycles. The van der Waals surface area contributed by atoms with Gasteiger partial charge in [0, 0.05) is 13.1 Å². The van der Waals surface area contributed by atoms with Crippen molar-refractivity contribution in [2.45, 2.75) is 13.2 Å². The van der Waals surface area contributed by atoms with Gasteiger partial charge in [0.05, 0.1) is 11.0 Å². The minimum absolute atomic E-state index is 0.239. The Kier molecular flexibility index (Phi) is 5.91. The minimum atomic E-state index is -0.239. The predicted octanol–water partition coefficient (Wildman–Crippen LogP) is 3.68. The number of imidazole rings is 1. The molecule has 2 heterocycles. The highest BCUT2D eigenvalue weighted by Crippen LogP contribution is 2.27. The Balaban J connectivity index is 1.56. The van der Waals surface area contributed by atoms with Crippen LogP contribution in [0.2, 0.25) is 0 Å². The quantitative estimate of drug-likeness (QED) is 0.358. The molecule has 0 saturated heterocycles. The fourth-order valence-electron chi connectivity index (χ4n) is 3.91. The summed E-state index contributed by atoms with van der Waals surface area (Å²) in [7, 11) is 7.87. The van der Waals surface area contributed by atoms with Crippen molar-refractivity contribution in [2.75, 3.05) is 0 Å². The van der Waals surface area contributed by atoms with E-state index in [4.69, 9.17) is 17.3 Å². The number of aryl methyl sites for hydroxylation is 1. The maximum atomic E-state index is 13.2. The summed E-state index contributed by atoms with van der Waals surface area (Å²) in [6.45, 7) is 0.667. The molecule has 0 amide bonds. The van der Waals surface area contributed by atoms with E-state index in [2.05, 4.69) is 4.98 Å². The van der Waals surface area contributed by atoms with Crippen LogP contribution in [0.15, 0.2) is 95.8 Å². The van der Waals surface area contributed by atoms with E-state index >= 15 is 0 Å². The zero-order valence-corrected chi connectivity index (χ0v) is 18.7. The first-order valence-electron chi connectivity index (χ1n) is 10.9. The Morgan fingerprint density at radius 1 is 0.794 bits per heavy atom. The third kappa shape index (κ3) is 4.20. The van der Waals surface area contributed by atoms with Crippen molar-refractivity contribution in [1.82, 2.24) is 14.1 Å². The van der Waals surface area contributed by atoms with E-state index in [-0.39, 0.29) is 5.69 Å². The molecular formula is C27H22BN3O3. The number of pyridine rings is 1. The summed E-state index contributed by atoms with van der Waals surface area (Å²) in [6, 6.07) is 28.6. The molecule has 0 fully saturated rings. The molecule has 166 valence electrons. The van der Waals surface area contributed by atoms with Gasteiger partial charge >= 0.3 is 5.69 Å². The van der Waals surface area contributed by atoms with Gasteiger partial charge in [0.25, 0.3) is 0 Å². The highest BCUT2D eigenvalue weighted by molar-refractivity contribution is 6.38. The average Bonchev–Trinajstić information content (AvgIpc) is 3.13. The SMILES string of the molecule is [B]c1cccc2c1n(C)c(=O)n2-c1ccc(OCc2ccccc2)nc1OCc1ccccc1. The number of para-hydroxylation sites is 1. The molecule has 5 aromatic rings. The lowest BCUT2D eigenvalue weighted by molar-refractivity contribution is 0.267. The topological polar surface area (TPSA) is 58.3 Å². The molecule has 0 unspecified atom stereocenters. The lowest BCUT2D eigenvalue weighted by Gasteiger charge is -2.14. The van der Waals surface area contributed by atoms with Crippen molar-refractivity contribution in [3.05, 3.63) is 113 Å². The lowest BCUT2D eigenvalue weighted by Crippen LogP contribution is -2.22. The Bertz CT molecular complexity index is 1490. The molecule has 3 aromatic carbocycles. The molecule has 0 N–H and O–H groups in total. The van der Waals surface area contributed by atoms with Gasteiger partial charge in [-0.3, -0.25) is 9.13 Å². The summed E-state index contributed by atoms with van der Waals surface area (Å²) in [4.78, 5) is 17.8. The number of nitrogens with zero attached hydrogens (tertiary/aromatic N) is 3. The van der Waals surface area contributed by atoms with Gasteiger partial charge in [0.2, 0.25) is 11.8 Å². The predicted molar refractivity (Wildman–Crippen MR) is 133 cm³/mol. The summed E-state index contributed by atoms with van der Waals surface area (Å²) in [5.74, 6) is 0.704. The molecule has 0 atom stereocenters. The van der Waals surface area contributed by atoms with Gasteiger partial charge in [0.15, 0.2) is 0 Å². The van der Waals surface area contributed by atoms with E-state index in [0.717, 1.165) is 11.1 Å². The van der Waals surface area contributed by atoms with Gasteiger partial charge in [-0.05, 0) is 23.3 Å². The Morgan fingerprint density at radius 2 is 1.44 bits per heavy atom. The van der Waals surface area contributed by atoms with Gasteiger partial charge in [0.1, 0.15) is 26.7 Å². The summed E-state index contributed by atoms with van der Waals surface area (Å²) in [6.07, 6.45) is 0. The summed E-state index contributed by atoms with van der Waals surface area (Å²) >= 11 is 0. The highest BCUT2D eigenvalue weighted by atomic mass is 16.5. The Hall–Kier alpha value is -4.26. The standard InChI is InChI=1S/C27H22BN3O3/c1-30-25-21(28)13-8-14-22(25)31(27(30)32)23-15-16-24(33-17-19-9-4-2-5-10-19)29-26(23)34-18-20-11-6-3-7-12-20/h2-16H,17-18H2,1H3. The highest BCUT2D eigenvalue weighted by Gasteiger charge is 2.19. The normalized spacial score (nSPS) is 11.0. The van der Waals surface area contributed by atoms with Gasteiger partial charge in [-0.2, -0.15) is 4.98 Å². The minimum Gasteiger partial charge on any atom is -0.473 e. The van der Waals surface area contributed by atoms with Gasteiger partial charge < -0.3 is 9.47 Å². The van der Waals surface area contributed by atoms with Crippen LogP contribution in [0.5, 0.6) is 11.8 Å². The molecule has 6 nitrogen and oxygen atoms in total. The first-order valence-corrected chi connectivity index (χ1v) is 10.9. The van der Waals surface area contributed by atoms with Crippen LogP contribution in [0.4, 0.5) is 0 Å². The maximum Gasteiger partial charge on any atom is 0.333 e. The Morgan fingerprint density at radius 3 is 2.12 bits per heavy atom. The summed E-state index contributed by atoms with van der Waals surface area (Å²) in [5.41, 5.74) is 4.16. The molecule has 0 saturated carbocycles. The maximum absolute atomic E-state index is 13.2. The van der Waals surface area contributed by atoms with Gasteiger partial charge in [-0.1, -0.05) is 78.3 Å². The molecule has 34 heavy (non-hydrogen) atoms. The molecule has 0 bridgehead atoms. The second-order valence-electron chi connectivity index (χ2n) is 7.91. The van der Waals surface area contributed by atoms with Gasteiger partial charge in [-0.15, -0.1) is 0 Å². The third-order valence-electron chi connectivity index (χ3n) is 5.60. The van der Waals surface area contributed by atoms with E-state index in [1.54, 1.807) is 29.8 Å². The number of aromatic nitrogens is 3. The molecule has 0 aliphatic carbocycles. The molecule has 7 heteroatoms. The van der Waals surface area contributed by atoms with Crippen molar-refractivity contribution in [1.29, 1.82) is 0 Å². The smallest absolute Gasteiger partial charge is 0.333 e. The van der Waals surface area contributed by atoms with Crippen molar-refractivity contribution >= 4 is 24.3 Å². The fourth-order valence-corrected chi connectivity index (χ4v) is 3.91. The van der Waals surface area contributed by atoms with Crippen molar-refractivity contribution in [3.8, 4) is 17.4 Å². The van der Waals surface area contributed by atoms with Crippen LogP contribution in [0.25, 0.3) is 16.7 Å². The second kappa shape index (κ2) is 9.31. The van der Waals surface area contributed by atoms with E-state index in [9.17, 15) is 4.79 Å². The first-order chi connectivity index (χ1) is 16.6. The van der Waals surface area contributed by atoms with Crippen LogP contribution in [-0.2, 0) is 20.3 Å². The average molecular weight is 447 g/mol. The summed E-state index contributed by atoms with van der Waals surface area (Å²) < 4.78 is 15.1. The van der Waals surface area contributed by atoms with E-state index in [1.165, 1.54) is 4.57 Å². The second-order valence-corrected chi connectivity index (χ2v) is 7.91. The van der Waals surface area contributed by atoms with Crippen molar-refractivity contribution < 1.29 is 9.47 Å². The molecule has 0 aliphatic rings. The van der Waals surface area contributed by atoms with E-state index in [0.29, 0.717) is 47.2 Å². The van der Waals surface area contributed by atoms with Crippen LogP contribution >= 0.6 is 0 Å². The van der Waals surface area contributed by atoms with Crippen LogP contribution < -0.4 is 20.6 Å². The van der Waals surface area contributed by atoms with Crippen LogP contribution in [-0.4, -0.2) is 22.0 Å². The molecule has 2 radical (unpaired) electrons. The number of hydrogen-bond acceptors (Lipinski definition) is 4. The van der Waals surface area contributed by atoms with Crippen molar-refractivity contribution in [2.24, 2.45) is 7.05 Å². The lowest BCUT2D eigenvalue weighted by atomic mass is 9.94. The summed E-state index contributed by atoms with van der Waals surface area (Å²) in [5, 5.41) is 0. The van der Waals surface area contributed by atoms with Crippen LogP contribution in [0.1, 0.15) is 11.1 Å². The molecule has 0 spiro atoms. The third-order valence-corrected chi connectivity index (χ3v) is 5.60. The first kappa shape index (κ1) is 21.6. The zero-order valence-electron chi connectivity index (χ0n) is 18.7. The monoisotopic (exact) mass is 447 g/mol. The van der Waals surface area contributed by atoms with Crippen molar-refractivity contribution in [3.63, 3.8) is 0 Å². The molecule has 2 aromatic heterocycles. The number of hydrogen-bond donors (Lipinski definition) is 0. The van der Waals surface area contributed by atoms with Crippen LogP contribution in [0.3, 0.4) is 0 Å². The number of ether oxygens (including phenoxy) is 2.